The van der Waals surface area contributed by atoms with Crippen molar-refractivity contribution >= 4 is 11.8 Å². The Morgan fingerprint density at radius 1 is 1.56 bits per heavy atom. The van der Waals surface area contributed by atoms with Crippen LogP contribution in [0.2, 0.25) is 0 Å². The van der Waals surface area contributed by atoms with Gasteiger partial charge >= 0.3 is 0 Å². The minimum Gasteiger partial charge on any atom is -0.389 e. The minimum atomic E-state index is -0.444. The number of aliphatic hydroxyl groups is 1. The number of nitrogens with zero attached hydrogens (tertiary/aromatic N) is 1. The maximum atomic E-state index is 9.37. The van der Waals surface area contributed by atoms with E-state index >= 15 is 0 Å². The molecule has 0 aromatic carbocycles. The van der Waals surface area contributed by atoms with Gasteiger partial charge in [-0.3, -0.25) is 0 Å². The Labute approximate surface area is 100 Å². The second kappa shape index (κ2) is 5.17. The highest BCUT2D eigenvalue weighted by molar-refractivity contribution is 7.99. The second-order valence-corrected chi connectivity index (χ2v) is 5.39. The van der Waals surface area contributed by atoms with Gasteiger partial charge in [0.2, 0.25) is 0 Å². The molecule has 1 aliphatic heterocycles. The fraction of sp³-hybridized carbons (Fsp3) is 0.583. The lowest BCUT2D eigenvalue weighted by Gasteiger charge is -2.13. The van der Waals surface area contributed by atoms with Gasteiger partial charge in [-0.15, -0.1) is 11.8 Å². The molecular formula is C12H17NO2S. The summed E-state index contributed by atoms with van der Waals surface area (Å²) in [4.78, 5) is 4.35. The van der Waals surface area contributed by atoms with Crippen molar-refractivity contribution in [3.05, 3.63) is 23.9 Å². The summed E-state index contributed by atoms with van der Waals surface area (Å²) in [6, 6.07) is 3.90. The predicted octanol–water partition coefficient (Wildman–Crippen LogP) is 2.40. The molecule has 16 heavy (non-hydrogen) atoms. The van der Waals surface area contributed by atoms with Crippen molar-refractivity contribution in [1.82, 2.24) is 4.98 Å². The summed E-state index contributed by atoms with van der Waals surface area (Å²) in [7, 11) is 0. The molecule has 0 amide bonds. The van der Waals surface area contributed by atoms with E-state index in [4.69, 9.17) is 4.74 Å². The van der Waals surface area contributed by atoms with E-state index in [1.807, 2.05) is 12.1 Å². The number of hydrogen-bond donors (Lipinski definition) is 1. The molecule has 2 heterocycles. The number of aromatic nitrogens is 1. The molecule has 3 nitrogen and oxygen atoms in total. The summed E-state index contributed by atoms with van der Waals surface area (Å²) in [5.74, 6) is 0. The molecule has 1 N–H and O–H groups in total. The summed E-state index contributed by atoms with van der Waals surface area (Å²) in [5.41, 5.74) is 0.861. The van der Waals surface area contributed by atoms with Gasteiger partial charge in [-0.1, -0.05) is 6.07 Å². The highest BCUT2D eigenvalue weighted by Crippen LogP contribution is 2.31. The topological polar surface area (TPSA) is 42.4 Å². The van der Waals surface area contributed by atoms with Crippen molar-refractivity contribution in [3.63, 3.8) is 0 Å². The first-order chi connectivity index (χ1) is 7.66. The van der Waals surface area contributed by atoms with Crippen LogP contribution in [0.1, 0.15) is 31.9 Å². The molecule has 1 saturated heterocycles. The zero-order valence-electron chi connectivity index (χ0n) is 9.59. The molecule has 1 aromatic heterocycles. The van der Waals surface area contributed by atoms with Crippen LogP contribution in [0.3, 0.4) is 0 Å². The van der Waals surface area contributed by atoms with Gasteiger partial charge in [0.15, 0.2) is 0 Å². The third-order valence-electron chi connectivity index (χ3n) is 2.82. The van der Waals surface area contributed by atoms with Crippen LogP contribution >= 0.6 is 11.8 Å². The van der Waals surface area contributed by atoms with E-state index in [1.54, 1.807) is 24.9 Å². The van der Waals surface area contributed by atoms with E-state index in [9.17, 15) is 5.11 Å². The maximum Gasteiger partial charge on any atom is 0.0963 e. The molecule has 2 rings (SSSR count). The van der Waals surface area contributed by atoms with E-state index in [2.05, 4.69) is 11.9 Å². The Morgan fingerprint density at radius 2 is 2.38 bits per heavy atom. The average molecular weight is 239 g/mol. The smallest absolute Gasteiger partial charge is 0.0963 e. The molecule has 1 aliphatic rings. The van der Waals surface area contributed by atoms with Gasteiger partial charge in [-0.05, 0) is 31.9 Å². The average Bonchev–Trinajstić information content (AvgIpc) is 2.65. The summed E-state index contributed by atoms with van der Waals surface area (Å²) in [6.45, 7) is 4.70. The lowest BCUT2D eigenvalue weighted by atomic mass is 10.2. The molecule has 4 heteroatoms. The van der Waals surface area contributed by atoms with Gasteiger partial charge in [-0.2, -0.15) is 0 Å². The van der Waals surface area contributed by atoms with Gasteiger partial charge in [-0.25, -0.2) is 4.98 Å². The van der Waals surface area contributed by atoms with E-state index in [1.165, 1.54) is 0 Å². The van der Waals surface area contributed by atoms with Crippen LogP contribution in [0, 0.1) is 0 Å². The van der Waals surface area contributed by atoms with Crippen molar-refractivity contribution < 1.29 is 9.84 Å². The largest absolute Gasteiger partial charge is 0.389 e. The van der Waals surface area contributed by atoms with Crippen molar-refractivity contribution in [3.8, 4) is 0 Å². The zero-order valence-corrected chi connectivity index (χ0v) is 10.4. The minimum absolute atomic E-state index is 0.309. The molecule has 1 aromatic rings. The second-order valence-electron chi connectivity index (χ2n) is 4.13. The summed E-state index contributed by atoms with van der Waals surface area (Å²) < 4.78 is 5.51. The summed E-state index contributed by atoms with van der Waals surface area (Å²) in [6.07, 6.45) is 2.70. The lowest BCUT2D eigenvalue weighted by Crippen LogP contribution is -2.13. The van der Waals surface area contributed by atoms with Gasteiger partial charge in [0.05, 0.1) is 17.2 Å². The van der Waals surface area contributed by atoms with Crippen LogP contribution in [0.4, 0.5) is 0 Å². The van der Waals surface area contributed by atoms with Gasteiger partial charge in [0.1, 0.15) is 0 Å². The summed E-state index contributed by atoms with van der Waals surface area (Å²) >= 11 is 1.76. The first kappa shape index (κ1) is 11.9. The number of aliphatic hydroxyl groups excluding tert-OH is 1. The molecule has 0 saturated carbocycles. The normalized spacial score (nSPS) is 26.9. The Balaban J connectivity index is 1.99. The number of ether oxygens (including phenoxy) is 1. The van der Waals surface area contributed by atoms with Gasteiger partial charge in [0.25, 0.3) is 0 Å². The third-order valence-corrected chi connectivity index (χ3v) is 4.23. The highest BCUT2D eigenvalue weighted by Gasteiger charge is 2.25. The number of hydrogen-bond acceptors (Lipinski definition) is 4. The predicted molar refractivity (Wildman–Crippen MR) is 64.5 cm³/mol. The van der Waals surface area contributed by atoms with Crippen molar-refractivity contribution in [2.75, 3.05) is 6.61 Å². The molecule has 3 atom stereocenters. The van der Waals surface area contributed by atoms with Gasteiger partial charge < -0.3 is 9.84 Å². The molecule has 0 aliphatic carbocycles. The molecule has 0 spiro atoms. The van der Waals surface area contributed by atoms with Crippen LogP contribution in [-0.2, 0) is 4.74 Å². The van der Waals surface area contributed by atoms with Crippen LogP contribution in [0.5, 0.6) is 0 Å². The molecule has 88 valence electrons. The molecule has 2 unspecified atom stereocenters. The quantitative estimate of drug-likeness (QED) is 0.879. The van der Waals surface area contributed by atoms with Gasteiger partial charge in [0, 0.05) is 18.1 Å². The third kappa shape index (κ3) is 2.75. The SMILES string of the molecule is CC1OCCC1Sc1ccc([C@@H](C)O)cn1. The van der Waals surface area contributed by atoms with E-state index < -0.39 is 6.10 Å². The van der Waals surface area contributed by atoms with Crippen molar-refractivity contribution in [2.45, 2.75) is 42.8 Å². The van der Waals surface area contributed by atoms with Crippen LogP contribution < -0.4 is 0 Å². The molecule has 1 fully saturated rings. The zero-order chi connectivity index (χ0) is 11.5. The Bertz CT molecular complexity index is 339. The Morgan fingerprint density at radius 3 is 2.88 bits per heavy atom. The molecule has 0 radical (unpaired) electrons. The van der Waals surface area contributed by atoms with Crippen molar-refractivity contribution in [1.29, 1.82) is 0 Å². The lowest BCUT2D eigenvalue weighted by molar-refractivity contribution is 0.127. The number of pyridine rings is 1. The first-order valence-electron chi connectivity index (χ1n) is 5.59. The van der Waals surface area contributed by atoms with Crippen LogP contribution in [0.15, 0.2) is 23.4 Å². The summed E-state index contributed by atoms with van der Waals surface area (Å²) in [5, 5.41) is 10.9. The van der Waals surface area contributed by atoms with E-state index in [0.717, 1.165) is 23.6 Å². The standard InChI is InChI=1S/C12H17NO2S/c1-8(14)10-3-4-12(13-7-10)16-11-5-6-15-9(11)2/h3-4,7-9,11,14H,5-6H2,1-2H3/t8-,9?,11?/m1/s1. The Kier molecular flexibility index (Phi) is 3.84. The maximum absolute atomic E-state index is 9.37. The monoisotopic (exact) mass is 239 g/mol. The fourth-order valence-electron chi connectivity index (χ4n) is 1.73. The first-order valence-corrected chi connectivity index (χ1v) is 6.47. The Hall–Kier alpha value is -0.580. The van der Waals surface area contributed by atoms with E-state index in [-0.39, 0.29) is 0 Å². The number of thioether (sulfide) groups is 1. The van der Waals surface area contributed by atoms with Crippen LogP contribution in [-0.4, -0.2) is 28.1 Å². The van der Waals surface area contributed by atoms with Crippen LogP contribution in [0.25, 0.3) is 0 Å². The molecular weight excluding hydrogens is 222 g/mol. The fourth-order valence-corrected chi connectivity index (χ4v) is 2.79. The van der Waals surface area contributed by atoms with E-state index in [0.29, 0.717) is 11.4 Å². The van der Waals surface area contributed by atoms with Crippen molar-refractivity contribution in [2.24, 2.45) is 0 Å². The molecule has 0 bridgehead atoms. The highest BCUT2D eigenvalue weighted by atomic mass is 32.2. The number of rotatable bonds is 3.